The molecule has 0 aromatic carbocycles. The Labute approximate surface area is 104 Å². The van der Waals surface area contributed by atoms with Gasteiger partial charge in [0, 0.05) is 27.6 Å². The summed E-state index contributed by atoms with van der Waals surface area (Å²) in [6.45, 7) is -0.0892. The molecule has 1 heterocycles. The fourth-order valence-electron chi connectivity index (χ4n) is 1.30. The van der Waals surface area contributed by atoms with Crippen LogP contribution < -0.4 is 0 Å². The van der Waals surface area contributed by atoms with Crippen LogP contribution in [0.3, 0.4) is 0 Å². The van der Waals surface area contributed by atoms with Crippen molar-refractivity contribution < 1.29 is 24.3 Å². The molecular weight excluding hydrogens is 242 g/mol. The van der Waals surface area contributed by atoms with E-state index >= 15 is 0 Å². The number of hydrogen-bond donors (Lipinski definition) is 1. The van der Waals surface area contributed by atoms with Gasteiger partial charge < -0.3 is 19.7 Å². The number of oxime groups is 1. The number of rotatable bonds is 4. The smallest absolute Gasteiger partial charge is 0.353 e. The quantitative estimate of drug-likeness (QED) is 0.679. The topological polar surface area (TPSA) is 99.5 Å². The zero-order valence-electron chi connectivity index (χ0n) is 10.4. The van der Waals surface area contributed by atoms with Gasteiger partial charge in [0.1, 0.15) is 0 Å². The van der Waals surface area contributed by atoms with Crippen molar-refractivity contribution in [2.75, 3.05) is 27.7 Å². The zero-order chi connectivity index (χ0) is 13.9. The lowest BCUT2D eigenvalue weighted by Crippen LogP contribution is -2.42. The summed E-state index contributed by atoms with van der Waals surface area (Å²) in [5.41, 5.74) is -0.194. The molecule has 18 heavy (non-hydrogen) atoms. The van der Waals surface area contributed by atoms with Crippen molar-refractivity contribution in [3.8, 4) is 0 Å². The van der Waals surface area contributed by atoms with Crippen LogP contribution >= 0.6 is 0 Å². The van der Waals surface area contributed by atoms with E-state index in [9.17, 15) is 14.4 Å². The van der Waals surface area contributed by atoms with Crippen molar-refractivity contribution in [2.24, 2.45) is 5.16 Å². The molecule has 0 radical (unpaired) electrons. The van der Waals surface area contributed by atoms with Crippen molar-refractivity contribution in [2.45, 2.75) is 12.5 Å². The third kappa shape index (κ3) is 3.19. The molecule has 0 saturated carbocycles. The summed E-state index contributed by atoms with van der Waals surface area (Å²) >= 11 is 0. The van der Waals surface area contributed by atoms with Crippen molar-refractivity contribution in [3.05, 3.63) is 0 Å². The Morgan fingerprint density at radius 3 is 2.44 bits per heavy atom. The number of amides is 2. The van der Waals surface area contributed by atoms with E-state index in [1.807, 2.05) is 0 Å². The second-order valence-electron chi connectivity index (χ2n) is 4.12. The second-order valence-corrected chi connectivity index (χ2v) is 4.12. The van der Waals surface area contributed by atoms with Gasteiger partial charge in [0.05, 0.1) is 6.54 Å². The number of carbonyl (C=O) groups is 3. The Balaban J connectivity index is 2.52. The Kier molecular flexibility index (Phi) is 4.24. The largest absolute Gasteiger partial charge is 0.477 e. The van der Waals surface area contributed by atoms with E-state index in [2.05, 4.69) is 5.16 Å². The van der Waals surface area contributed by atoms with Crippen LogP contribution in [-0.2, 0) is 19.2 Å². The lowest BCUT2D eigenvalue weighted by atomic mass is 10.1. The van der Waals surface area contributed by atoms with Gasteiger partial charge in [0.2, 0.25) is 12.0 Å². The molecule has 1 unspecified atom stereocenters. The molecule has 0 bridgehead atoms. The number of aliphatic carboxylic acids is 1. The molecule has 8 nitrogen and oxygen atoms in total. The summed E-state index contributed by atoms with van der Waals surface area (Å²) in [5.74, 6) is -1.91. The highest BCUT2D eigenvalue weighted by Gasteiger charge is 2.33. The fourth-order valence-corrected chi connectivity index (χ4v) is 1.30. The maximum atomic E-state index is 11.8. The first kappa shape index (κ1) is 13.9. The number of carbonyl (C=O) groups excluding carboxylic acids is 2. The zero-order valence-corrected chi connectivity index (χ0v) is 10.4. The minimum absolute atomic E-state index is 0.0886. The predicted octanol–water partition coefficient (Wildman–Crippen LogP) is -1.24. The molecule has 0 fully saturated rings. The monoisotopic (exact) mass is 257 g/mol. The van der Waals surface area contributed by atoms with E-state index in [1.54, 1.807) is 14.1 Å². The lowest BCUT2D eigenvalue weighted by Gasteiger charge is -2.21. The first-order chi connectivity index (χ1) is 8.32. The molecule has 100 valence electrons. The minimum Gasteiger partial charge on any atom is -0.477 e. The Bertz CT molecular complexity index is 404. The van der Waals surface area contributed by atoms with Crippen LogP contribution in [0, 0.1) is 0 Å². The molecule has 0 spiro atoms. The first-order valence-electron chi connectivity index (χ1n) is 5.24. The molecule has 0 aromatic rings. The lowest BCUT2D eigenvalue weighted by molar-refractivity contribution is -0.145. The van der Waals surface area contributed by atoms with Gasteiger partial charge >= 0.3 is 5.97 Å². The van der Waals surface area contributed by atoms with Gasteiger partial charge in [-0.2, -0.15) is 0 Å². The van der Waals surface area contributed by atoms with Gasteiger partial charge in [-0.15, -0.1) is 0 Å². The molecule has 0 aromatic heterocycles. The second kappa shape index (κ2) is 5.48. The third-order valence-corrected chi connectivity index (χ3v) is 2.44. The number of nitrogens with zero attached hydrogens (tertiary/aromatic N) is 3. The molecule has 0 aliphatic carbocycles. The van der Waals surface area contributed by atoms with Crippen LogP contribution in [0.2, 0.25) is 0 Å². The van der Waals surface area contributed by atoms with Crippen LogP contribution in [0.15, 0.2) is 5.16 Å². The summed E-state index contributed by atoms with van der Waals surface area (Å²) < 4.78 is 0. The average molecular weight is 257 g/mol. The van der Waals surface area contributed by atoms with Crippen LogP contribution in [0.5, 0.6) is 0 Å². The molecule has 2 amide bonds. The van der Waals surface area contributed by atoms with Crippen LogP contribution in [-0.4, -0.2) is 72.2 Å². The minimum atomic E-state index is -1.21. The molecule has 1 aliphatic heterocycles. The van der Waals surface area contributed by atoms with Crippen LogP contribution in [0.25, 0.3) is 0 Å². The van der Waals surface area contributed by atoms with E-state index < -0.39 is 18.0 Å². The summed E-state index contributed by atoms with van der Waals surface area (Å²) in [6.07, 6.45) is -1.05. The Morgan fingerprint density at radius 2 is 2.00 bits per heavy atom. The maximum absolute atomic E-state index is 11.8. The van der Waals surface area contributed by atoms with Crippen LogP contribution in [0.4, 0.5) is 0 Å². The third-order valence-electron chi connectivity index (χ3n) is 2.44. The molecular formula is C10H15N3O5. The first-order valence-corrected chi connectivity index (χ1v) is 5.24. The normalized spacial score (nSPS) is 17.7. The van der Waals surface area contributed by atoms with Crippen molar-refractivity contribution in [3.63, 3.8) is 0 Å². The van der Waals surface area contributed by atoms with E-state index in [4.69, 9.17) is 9.94 Å². The van der Waals surface area contributed by atoms with Gasteiger partial charge in [-0.25, -0.2) is 4.79 Å². The highest BCUT2D eigenvalue weighted by molar-refractivity contribution is 6.36. The number of hydrogen-bond acceptors (Lipinski definition) is 5. The number of likely N-dealkylation sites (N-methyl/N-ethyl adjacent to an activating group) is 2. The van der Waals surface area contributed by atoms with Gasteiger partial charge in [0.25, 0.3) is 5.91 Å². The molecule has 1 N–H and O–H groups in total. The summed E-state index contributed by atoms with van der Waals surface area (Å²) in [4.78, 5) is 41.1. The maximum Gasteiger partial charge on any atom is 0.353 e. The predicted molar refractivity (Wildman–Crippen MR) is 60.9 cm³/mol. The van der Waals surface area contributed by atoms with E-state index in [1.165, 1.54) is 16.8 Å². The van der Waals surface area contributed by atoms with E-state index in [-0.39, 0.29) is 24.6 Å². The molecule has 1 atom stereocenters. The standard InChI is InChI=1S/C10H15N3O5/c1-12(2)8(14)5-13(3)9(15)7-4-6(10(16)17)11-18-7/h7H,4-5H2,1-3H3,(H,16,17). The van der Waals surface area contributed by atoms with Gasteiger partial charge in [-0.3, -0.25) is 9.59 Å². The van der Waals surface area contributed by atoms with Crippen molar-refractivity contribution in [1.29, 1.82) is 0 Å². The van der Waals surface area contributed by atoms with E-state index in [0.29, 0.717) is 0 Å². The summed E-state index contributed by atoms with van der Waals surface area (Å²) in [6, 6.07) is 0. The molecule has 1 rings (SSSR count). The van der Waals surface area contributed by atoms with Gasteiger partial charge in [0.15, 0.2) is 5.71 Å². The average Bonchev–Trinajstić information content (AvgIpc) is 2.76. The SMILES string of the molecule is CN(C)C(=O)CN(C)C(=O)C1CC(C(=O)O)=NO1. The molecule has 8 heteroatoms. The molecule has 1 aliphatic rings. The summed E-state index contributed by atoms with van der Waals surface area (Å²) in [5, 5.41) is 12.0. The number of carboxylic acids is 1. The van der Waals surface area contributed by atoms with Crippen molar-refractivity contribution in [1.82, 2.24) is 9.80 Å². The molecule has 0 saturated heterocycles. The number of carboxylic acid groups (broad SMARTS) is 1. The van der Waals surface area contributed by atoms with Crippen molar-refractivity contribution >= 4 is 23.5 Å². The summed E-state index contributed by atoms with van der Waals surface area (Å²) in [7, 11) is 4.61. The Morgan fingerprint density at radius 1 is 1.39 bits per heavy atom. The fraction of sp³-hybridized carbons (Fsp3) is 0.600. The highest BCUT2D eigenvalue weighted by atomic mass is 16.6. The van der Waals surface area contributed by atoms with Gasteiger partial charge in [-0.1, -0.05) is 5.16 Å². The highest BCUT2D eigenvalue weighted by Crippen LogP contribution is 2.13. The van der Waals surface area contributed by atoms with Crippen LogP contribution in [0.1, 0.15) is 6.42 Å². The van der Waals surface area contributed by atoms with Gasteiger partial charge in [-0.05, 0) is 0 Å². The Hall–Kier alpha value is -2.12. The van der Waals surface area contributed by atoms with E-state index in [0.717, 1.165) is 0 Å².